The molecule has 0 heterocycles. The van der Waals surface area contributed by atoms with Crippen molar-refractivity contribution in [1.82, 2.24) is 5.32 Å². The maximum Gasteiger partial charge on any atom is -0.00489 e. The van der Waals surface area contributed by atoms with Crippen LogP contribution in [0, 0.1) is 0 Å². The van der Waals surface area contributed by atoms with Crippen LogP contribution >= 0.6 is 9.24 Å². The highest BCUT2D eigenvalue weighted by Crippen LogP contribution is 2.09. The van der Waals surface area contributed by atoms with Crippen molar-refractivity contribution in [2.45, 2.75) is 58.0 Å². The minimum atomic E-state index is 0.799. The van der Waals surface area contributed by atoms with Gasteiger partial charge in [0.05, 0.1) is 0 Å². The van der Waals surface area contributed by atoms with E-state index in [1.54, 1.807) is 0 Å². The van der Waals surface area contributed by atoms with E-state index in [-0.39, 0.29) is 0 Å². The van der Waals surface area contributed by atoms with E-state index in [0.717, 1.165) is 5.66 Å². The topological polar surface area (TPSA) is 12.0 Å². The van der Waals surface area contributed by atoms with Gasteiger partial charge in [0, 0.05) is 0 Å². The first kappa shape index (κ1) is 13.4. The summed E-state index contributed by atoms with van der Waals surface area (Å²) in [4.78, 5) is 0. The van der Waals surface area contributed by atoms with Crippen molar-refractivity contribution in [2.75, 3.05) is 13.1 Å². The number of rotatable bonds is 9. The van der Waals surface area contributed by atoms with Gasteiger partial charge in [0.2, 0.25) is 0 Å². The lowest BCUT2D eigenvalue weighted by Gasteiger charge is -2.05. The molecule has 80 valence electrons. The van der Waals surface area contributed by atoms with E-state index in [1.807, 2.05) is 0 Å². The maximum atomic E-state index is 3.47. The molecule has 2 unspecified atom stereocenters. The van der Waals surface area contributed by atoms with Crippen LogP contribution in [0.5, 0.6) is 0 Å². The Labute approximate surface area is 86.3 Å². The molecule has 0 aliphatic carbocycles. The van der Waals surface area contributed by atoms with Crippen molar-refractivity contribution in [2.24, 2.45) is 0 Å². The molecule has 1 N–H and O–H groups in total. The summed E-state index contributed by atoms with van der Waals surface area (Å²) < 4.78 is 0. The van der Waals surface area contributed by atoms with Crippen LogP contribution in [-0.4, -0.2) is 18.7 Å². The molecule has 0 aromatic rings. The van der Waals surface area contributed by atoms with E-state index in [1.165, 1.54) is 51.6 Å². The normalized spacial score (nSPS) is 13.2. The minimum absolute atomic E-state index is 0.799. The molecule has 0 rings (SSSR count). The monoisotopic (exact) mass is 203 g/mol. The van der Waals surface area contributed by atoms with Crippen molar-refractivity contribution in [3.63, 3.8) is 0 Å². The predicted octanol–water partition coefficient (Wildman–Crippen LogP) is 3.20. The van der Waals surface area contributed by atoms with Crippen LogP contribution < -0.4 is 5.32 Å². The molecule has 1 nitrogen and oxygen atoms in total. The maximum absolute atomic E-state index is 3.47. The van der Waals surface area contributed by atoms with E-state index in [2.05, 4.69) is 28.4 Å². The lowest BCUT2D eigenvalue weighted by atomic mass is 10.1. The van der Waals surface area contributed by atoms with Gasteiger partial charge >= 0.3 is 0 Å². The van der Waals surface area contributed by atoms with Crippen molar-refractivity contribution in [1.29, 1.82) is 0 Å². The van der Waals surface area contributed by atoms with Gasteiger partial charge in [0.1, 0.15) is 0 Å². The Bertz CT molecular complexity index is 94.1. The summed E-state index contributed by atoms with van der Waals surface area (Å²) in [5.74, 6) is 0. The molecule has 0 aliphatic rings. The zero-order chi connectivity index (χ0) is 9.94. The van der Waals surface area contributed by atoms with Gasteiger partial charge in [0.25, 0.3) is 0 Å². The summed E-state index contributed by atoms with van der Waals surface area (Å²) >= 11 is 0. The zero-order valence-electron chi connectivity index (χ0n) is 9.31. The third kappa shape index (κ3) is 12.4. The van der Waals surface area contributed by atoms with E-state index in [4.69, 9.17) is 0 Å². The van der Waals surface area contributed by atoms with Crippen molar-refractivity contribution in [3.05, 3.63) is 0 Å². The quantitative estimate of drug-likeness (QED) is 0.448. The molecule has 0 amide bonds. The third-order valence-electron chi connectivity index (χ3n) is 2.22. The molecule has 0 fully saturated rings. The first-order chi connectivity index (χ1) is 6.27. The van der Waals surface area contributed by atoms with E-state index >= 15 is 0 Å². The highest BCUT2D eigenvalue weighted by atomic mass is 31.0. The number of unbranched alkanes of at least 4 members (excludes halogenated alkanes) is 3. The first-order valence-electron chi connectivity index (χ1n) is 5.73. The summed E-state index contributed by atoms with van der Waals surface area (Å²) in [6, 6.07) is 0. The van der Waals surface area contributed by atoms with Crippen LogP contribution in [0.25, 0.3) is 0 Å². The Morgan fingerprint density at radius 3 is 2.38 bits per heavy atom. The van der Waals surface area contributed by atoms with Crippen LogP contribution in [0.4, 0.5) is 0 Å². The molecule has 13 heavy (non-hydrogen) atoms. The van der Waals surface area contributed by atoms with Gasteiger partial charge in [0.15, 0.2) is 0 Å². The molecule has 0 radical (unpaired) electrons. The van der Waals surface area contributed by atoms with Crippen LogP contribution in [0.3, 0.4) is 0 Å². The number of hydrogen-bond donors (Lipinski definition) is 1. The second kappa shape index (κ2) is 10.5. The molecule has 2 atom stereocenters. The van der Waals surface area contributed by atoms with E-state index < -0.39 is 0 Å². The van der Waals surface area contributed by atoms with Crippen LogP contribution in [0.2, 0.25) is 0 Å². The molecular weight excluding hydrogens is 177 g/mol. The summed E-state index contributed by atoms with van der Waals surface area (Å²) in [5, 5.41) is 3.47. The predicted molar refractivity (Wildman–Crippen MR) is 65.4 cm³/mol. The van der Waals surface area contributed by atoms with Crippen LogP contribution in [-0.2, 0) is 0 Å². The van der Waals surface area contributed by atoms with Gasteiger partial charge in [-0.15, -0.1) is 9.24 Å². The third-order valence-corrected chi connectivity index (χ3v) is 2.55. The fourth-order valence-corrected chi connectivity index (χ4v) is 1.56. The highest BCUT2D eigenvalue weighted by molar-refractivity contribution is 7.17. The van der Waals surface area contributed by atoms with E-state index in [9.17, 15) is 0 Å². The Balaban J connectivity index is 2.84. The molecule has 0 saturated carbocycles. The van der Waals surface area contributed by atoms with Gasteiger partial charge in [-0.1, -0.05) is 33.1 Å². The van der Waals surface area contributed by atoms with Crippen molar-refractivity contribution >= 4 is 9.24 Å². The summed E-state index contributed by atoms with van der Waals surface area (Å²) in [5.41, 5.74) is 0.799. The second-order valence-electron chi connectivity index (χ2n) is 3.93. The first-order valence-corrected chi connectivity index (χ1v) is 6.40. The molecule has 0 spiro atoms. The fraction of sp³-hybridized carbons (Fsp3) is 1.00. The van der Waals surface area contributed by atoms with Crippen molar-refractivity contribution < 1.29 is 0 Å². The molecule has 0 bridgehead atoms. The lowest BCUT2D eigenvalue weighted by Crippen LogP contribution is -2.16. The van der Waals surface area contributed by atoms with Gasteiger partial charge in [-0.25, -0.2) is 0 Å². The van der Waals surface area contributed by atoms with Gasteiger partial charge < -0.3 is 5.32 Å². The van der Waals surface area contributed by atoms with Crippen LogP contribution in [0.1, 0.15) is 52.4 Å². The lowest BCUT2D eigenvalue weighted by molar-refractivity contribution is 0.574. The molecular formula is C11H26NP. The van der Waals surface area contributed by atoms with E-state index in [0.29, 0.717) is 0 Å². The standard InChI is InChI=1S/C11H26NP/c1-3-4-9-12-10-7-5-6-8-11(2)13/h11-12H,3-10,13H2,1-2H3. The van der Waals surface area contributed by atoms with Gasteiger partial charge in [-0.2, -0.15) is 0 Å². The van der Waals surface area contributed by atoms with Gasteiger partial charge in [-0.3, -0.25) is 0 Å². The Morgan fingerprint density at radius 2 is 1.77 bits per heavy atom. The second-order valence-corrected chi connectivity index (χ2v) is 5.07. The van der Waals surface area contributed by atoms with Crippen LogP contribution in [0.15, 0.2) is 0 Å². The summed E-state index contributed by atoms with van der Waals surface area (Å²) in [7, 11) is 2.86. The molecule has 0 aliphatic heterocycles. The SMILES string of the molecule is CCCCNCCCCCC(C)P. The number of nitrogens with one attached hydrogen (secondary N) is 1. The Hall–Kier alpha value is 0.390. The highest BCUT2D eigenvalue weighted by Gasteiger charge is 1.93. The average Bonchev–Trinajstić information content (AvgIpc) is 2.09. The molecule has 0 aromatic carbocycles. The number of hydrogen-bond acceptors (Lipinski definition) is 1. The fourth-order valence-electron chi connectivity index (χ4n) is 1.32. The smallest absolute Gasteiger partial charge is 0.00489 e. The zero-order valence-corrected chi connectivity index (χ0v) is 10.5. The average molecular weight is 203 g/mol. The summed E-state index contributed by atoms with van der Waals surface area (Å²) in [6.07, 6.45) is 8.11. The van der Waals surface area contributed by atoms with Crippen molar-refractivity contribution in [3.8, 4) is 0 Å². The Kier molecular flexibility index (Phi) is 10.8. The molecule has 2 heteroatoms. The minimum Gasteiger partial charge on any atom is -0.317 e. The largest absolute Gasteiger partial charge is 0.317 e. The molecule has 0 saturated heterocycles. The van der Waals surface area contributed by atoms with Gasteiger partial charge in [-0.05, 0) is 38.0 Å². The Morgan fingerprint density at radius 1 is 1.08 bits per heavy atom. The summed E-state index contributed by atoms with van der Waals surface area (Å²) in [6.45, 7) is 6.92. The molecule has 0 aromatic heterocycles.